The van der Waals surface area contributed by atoms with E-state index in [1.807, 2.05) is 18.5 Å². The molecule has 0 radical (unpaired) electrons. The molecule has 1 aromatic rings. The lowest BCUT2D eigenvalue weighted by atomic mass is 9.56. The van der Waals surface area contributed by atoms with E-state index >= 15 is 0 Å². The third-order valence-electron chi connectivity index (χ3n) is 6.92. The van der Waals surface area contributed by atoms with Crippen LogP contribution < -0.4 is 0 Å². The molecule has 6 atom stereocenters. The van der Waals surface area contributed by atoms with Gasteiger partial charge in [-0.1, -0.05) is 6.08 Å². The average Bonchev–Trinajstić information content (AvgIpc) is 3.05. The van der Waals surface area contributed by atoms with Gasteiger partial charge in [0.15, 0.2) is 0 Å². The summed E-state index contributed by atoms with van der Waals surface area (Å²) in [6.45, 7) is 4.01. The third-order valence-corrected chi connectivity index (χ3v) is 6.92. The molecule has 0 amide bonds. The summed E-state index contributed by atoms with van der Waals surface area (Å²) >= 11 is 0. The van der Waals surface area contributed by atoms with Gasteiger partial charge in [0.25, 0.3) is 0 Å². The Morgan fingerprint density at radius 2 is 2.27 bits per heavy atom. The fraction of sp³-hybridized carbons (Fsp3) is 0.579. The minimum absolute atomic E-state index is 0.0379. The lowest BCUT2D eigenvalue weighted by Gasteiger charge is -2.47. The molecule has 2 heterocycles. The molecule has 1 saturated heterocycles. The normalized spacial score (nSPS) is 44.7. The standard InChI is InChI=1S/C19H21NO2/c1-2-12-4-6-16-14-5-3-11-10-20-8-7-13(11)17(14)15-9-19(12,16)22-18(15)21/h2,7-8,10,12,14-17H,1,3-6,9H2/t12-,14+,15+,16+,17-,19+/m1/s1. The Morgan fingerprint density at radius 1 is 1.36 bits per heavy atom. The maximum Gasteiger partial charge on any atom is 0.310 e. The quantitative estimate of drug-likeness (QED) is 0.590. The molecule has 1 aromatic heterocycles. The first-order valence-corrected chi connectivity index (χ1v) is 8.53. The number of fused-ring (bicyclic) bond motifs is 6. The number of esters is 1. The molecule has 2 bridgehead atoms. The van der Waals surface area contributed by atoms with Gasteiger partial charge < -0.3 is 4.74 Å². The van der Waals surface area contributed by atoms with Crippen LogP contribution in [0.4, 0.5) is 0 Å². The highest BCUT2D eigenvalue weighted by molar-refractivity contribution is 5.78. The summed E-state index contributed by atoms with van der Waals surface area (Å²) in [7, 11) is 0. The highest BCUT2D eigenvalue weighted by Crippen LogP contribution is 2.65. The van der Waals surface area contributed by atoms with E-state index < -0.39 is 0 Å². The molecular formula is C19H21NO2. The number of hydrogen-bond acceptors (Lipinski definition) is 3. The number of rotatable bonds is 1. The minimum atomic E-state index is -0.227. The Bertz CT molecular complexity index is 669. The molecule has 1 spiro atoms. The molecule has 4 aliphatic rings. The first-order chi connectivity index (χ1) is 10.7. The lowest BCUT2D eigenvalue weighted by molar-refractivity contribution is -0.154. The number of pyridine rings is 1. The summed E-state index contributed by atoms with van der Waals surface area (Å²) in [4.78, 5) is 16.9. The second-order valence-corrected chi connectivity index (χ2v) is 7.52. The van der Waals surface area contributed by atoms with Crippen molar-refractivity contribution in [3.63, 3.8) is 0 Å². The van der Waals surface area contributed by atoms with Gasteiger partial charge in [0.1, 0.15) is 5.60 Å². The summed E-state index contributed by atoms with van der Waals surface area (Å²) < 4.78 is 6.08. The van der Waals surface area contributed by atoms with Crippen LogP contribution in [0.5, 0.6) is 0 Å². The van der Waals surface area contributed by atoms with Crippen molar-refractivity contribution in [1.29, 1.82) is 0 Å². The fourth-order valence-electron chi connectivity index (χ4n) is 6.15. The molecule has 2 saturated carbocycles. The molecule has 5 rings (SSSR count). The summed E-state index contributed by atoms with van der Waals surface area (Å²) in [6.07, 6.45) is 11.4. The summed E-state index contributed by atoms with van der Waals surface area (Å²) in [5.41, 5.74) is 2.48. The van der Waals surface area contributed by atoms with E-state index in [9.17, 15) is 4.79 Å². The molecule has 0 aromatic carbocycles. The average molecular weight is 295 g/mol. The Morgan fingerprint density at radius 3 is 3.14 bits per heavy atom. The van der Waals surface area contributed by atoms with E-state index in [-0.39, 0.29) is 17.5 Å². The molecule has 3 aliphatic carbocycles. The van der Waals surface area contributed by atoms with Crippen LogP contribution in [0, 0.1) is 23.7 Å². The van der Waals surface area contributed by atoms with Crippen molar-refractivity contribution in [2.75, 3.05) is 0 Å². The lowest BCUT2D eigenvalue weighted by Crippen LogP contribution is -2.48. The SMILES string of the molecule is C=C[C@@H]1CC[C@H]2[C@@H]3CCc4cnccc4[C@H]3[C@@H]3C[C@]12OC3=O. The van der Waals surface area contributed by atoms with Gasteiger partial charge in [0.2, 0.25) is 0 Å². The molecule has 3 heteroatoms. The number of aromatic nitrogens is 1. The predicted octanol–water partition coefficient (Wildman–Crippen LogP) is 3.26. The van der Waals surface area contributed by atoms with Gasteiger partial charge in [0, 0.05) is 36.6 Å². The van der Waals surface area contributed by atoms with Crippen molar-refractivity contribution in [3.8, 4) is 0 Å². The summed E-state index contributed by atoms with van der Waals surface area (Å²) in [5, 5.41) is 0. The van der Waals surface area contributed by atoms with Crippen LogP contribution in [0.15, 0.2) is 31.1 Å². The van der Waals surface area contributed by atoms with Gasteiger partial charge in [-0.15, -0.1) is 6.58 Å². The molecule has 114 valence electrons. The van der Waals surface area contributed by atoms with E-state index in [1.54, 1.807) is 0 Å². The zero-order valence-corrected chi connectivity index (χ0v) is 12.7. The smallest absolute Gasteiger partial charge is 0.310 e. The molecule has 3 nitrogen and oxygen atoms in total. The van der Waals surface area contributed by atoms with Gasteiger partial charge in [0.05, 0.1) is 5.92 Å². The number of ether oxygens (including phenoxy) is 1. The van der Waals surface area contributed by atoms with Crippen molar-refractivity contribution < 1.29 is 9.53 Å². The highest BCUT2D eigenvalue weighted by atomic mass is 16.6. The van der Waals surface area contributed by atoms with Crippen LogP contribution in [0.25, 0.3) is 0 Å². The van der Waals surface area contributed by atoms with Gasteiger partial charge in [-0.05, 0) is 48.8 Å². The van der Waals surface area contributed by atoms with Gasteiger partial charge in [-0.2, -0.15) is 0 Å². The number of carbonyl (C=O) groups excluding carboxylic acids is 1. The second kappa shape index (κ2) is 4.21. The van der Waals surface area contributed by atoms with Crippen LogP contribution in [0.1, 0.15) is 42.7 Å². The first kappa shape index (κ1) is 12.9. The summed E-state index contributed by atoms with van der Waals surface area (Å²) in [6, 6.07) is 2.14. The number of nitrogens with zero attached hydrogens (tertiary/aromatic N) is 1. The van der Waals surface area contributed by atoms with Crippen LogP contribution >= 0.6 is 0 Å². The number of aryl methyl sites for hydroxylation is 1. The van der Waals surface area contributed by atoms with Crippen LogP contribution in [0.3, 0.4) is 0 Å². The van der Waals surface area contributed by atoms with E-state index in [1.165, 1.54) is 24.0 Å². The zero-order chi connectivity index (χ0) is 14.9. The Hall–Kier alpha value is -1.64. The predicted molar refractivity (Wildman–Crippen MR) is 82.1 cm³/mol. The van der Waals surface area contributed by atoms with Crippen molar-refractivity contribution in [3.05, 3.63) is 42.2 Å². The maximum atomic E-state index is 12.6. The van der Waals surface area contributed by atoms with Crippen molar-refractivity contribution in [2.45, 2.75) is 43.6 Å². The molecule has 0 unspecified atom stereocenters. The summed E-state index contributed by atoms with van der Waals surface area (Å²) in [5.74, 6) is 1.89. The molecular weight excluding hydrogens is 274 g/mol. The number of carbonyl (C=O) groups is 1. The monoisotopic (exact) mass is 295 g/mol. The zero-order valence-electron chi connectivity index (χ0n) is 12.7. The van der Waals surface area contributed by atoms with E-state index in [0.717, 1.165) is 19.3 Å². The van der Waals surface area contributed by atoms with Crippen molar-refractivity contribution >= 4 is 5.97 Å². The van der Waals surface area contributed by atoms with Crippen molar-refractivity contribution in [2.24, 2.45) is 23.7 Å². The minimum Gasteiger partial charge on any atom is -0.458 e. The first-order valence-electron chi connectivity index (χ1n) is 8.53. The fourth-order valence-corrected chi connectivity index (χ4v) is 6.15. The molecule has 1 aliphatic heterocycles. The largest absolute Gasteiger partial charge is 0.458 e. The third kappa shape index (κ3) is 1.38. The van der Waals surface area contributed by atoms with Crippen LogP contribution in [-0.4, -0.2) is 16.6 Å². The molecule has 0 N–H and O–H groups in total. The Balaban J connectivity index is 1.66. The Kier molecular flexibility index (Phi) is 2.46. The molecule has 22 heavy (non-hydrogen) atoms. The Labute approximate surface area is 130 Å². The molecule has 3 fully saturated rings. The van der Waals surface area contributed by atoms with E-state index in [2.05, 4.69) is 17.6 Å². The second-order valence-electron chi connectivity index (χ2n) is 7.52. The van der Waals surface area contributed by atoms with E-state index in [0.29, 0.717) is 23.7 Å². The number of hydrogen-bond donors (Lipinski definition) is 0. The van der Waals surface area contributed by atoms with Crippen LogP contribution in [-0.2, 0) is 16.0 Å². The van der Waals surface area contributed by atoms with Gasteiger partial charge in [-0.25, -0.2) is 0 Å². The van der Waals surface area contributed by atoms with Gasteiger partial charge >= 0.3 is 5.97 Å². The van der Waals surface area contributed by atoms with Crippen molar-refractivity contribution in [1.82, 2.24) is 4.98 Å². The van der Waals surface area contributed by atoms with E-state index in [4.69, 9.17) is 4.74 Å². The topological polar surface area (TPSA) is 39.2 Å². The maximum absolute atomic E-state index is 12.6. The van der Waals surface area contributed by atoms with Gasteiger partial charge in [-0.3, -0.25) is 9.78 Å². The van der Waals surface area contributed by atoms with Crippen LogP contribution in [0.2, 0.25) is 0 Å². The highest BCUT2D eigenvalue weighted by Gasteiger charge is 2.67.